The van der Waals surface area contributed by atoms with Crippen molar-refractivity contribution >= 4 is 39.0 Å². The molecule has 1 atom stereocenters. The molecule has 0 saturated heterocycles. The maximum atomic E-state index is 13.9. The van der Waals surface area contributed by atoms with Gasteiger partial charge in [-0.25, -0.2) is 4.99 Å². The minimum Gasteiger partial charge on any atom is -0.497 e. The van der Waals surface area contributed by atoms with Gasteiger partial charge < -0.3 is 9.47 Å². The molecule has 0 saturated carbocycles. The van der Waals surface area contributed by atoms with Crippen molar-refractivity contribution in [3.63, 3.8) is 0 Å². The van der Waals surface area contributed by atoms with Crippen LogP contribution >= 0.6 is 27.3 Å². The van der Waals surface area contributed by atoms with Crippen molar-refractivity contribution < 1.29 is 9.47 Å². The van der Waals surface area contributed by atoms with Gasteiger partial charge in [0.15, 0.2) is 4.80 Å². The van der Waals surface area contributed by atoms with Crippen molar-refractivity contribution in [1.82, 2.24) is 4.57 Å². The molecule has 2 aliphatic rings. The number of halogens is 1. The van der Waals surface area contributed by atoms with E-state index in [9.17, 15) is 4.79 Å². The highest BCUT2D eigenvalue weighted by Crippen LogP contribution is 2.41. The molecule has 1 aliphatic heterocycles. The van der Waals surface area contributed by atoms with Crippen LogP contribution in [0.3, 0.4) is 0 Å². The number of methoxy groups -OCH3 is 2. The van der Waals surface area contributed by atoms with Gasteiger partial charge in [0.25, 0.3) is 5.56 Å². The molecule has 0 radical (unpaired) electrons. The first-order valence-corrected chi connectivity index (χ1v) is 13.3. The second kappa shape index (κ2) is 9.22. The molecular formula is C29H23BrN2O3S. The Morgan fingerprint density at radius 1 is 1.03 bits per heavy atom. The van der Waals surface area contributed by atoms with Crippen LogP contribution in [0, 0.1) is 0 Å². The first-order chi connectivity index (χ1) is 17.6. The molecule has 0 spiro atoms. The van der Waals surface area contributed by atoms with Gasteiger partial charge in [-0.15, -0.1) is 0 Å². The number of benzene rings is 3. The Balaban J connectivity index is 1.60. The molecule has 180 valence electrons. The van der Waals surface area contributed by atoms with Crippen LogP contribution in [0.25, 0.3) is 11.8 Å². The lowest BCUT2D eigenvalue weighted by Gasteiger charge is -2.30. The molecule has 0 fully saturated rings. The van der Waals surface area contributed by atoms with Crippen molar-refractivity contribution in [3.05, 3.63) is 119 Å². The summed E-state index contributed by atoms with van der Waals surface area (Å²) in [4.78, 5) is 19.7. The molecule has 3 aromatic carbocycles. The van der Waals surface area contributed by atoms with E-state index >= 15 is 0 Å². The van der Waals surface area contributed by atoms with E-state index in [1.807, 2.05) is 41.0 Å². The summed E-state index contributed by atoms with van der Waals surface area (Å²) < 4.78 is 14.4. The standard InChI is InChI=1S/C29H23BrN2O3S/c1-34-21-13-9-19(24(16-21)35-2)15-25-28(33)32-27(18-7-11-20(30)12-8-18)23-14-10-17-5-3-4-6-22(17)26(23)31-29(32)36-25/h3-9,11-13,15-16,27H,10,14H2,1-2H3/b25-15+/t27-/m1/s1. The molecule has 4 aromatic rings. The molecule has 1 aromatic heterocycles. The van der Waals surface area contributed by atoms with Gasteiger partial charge in [-0.1, -0.05) is 63.7 Å². The van der Waals surface area contributed by atoms with Gasteiger partial charge in [-0.05, 0) is 59.9 Å². The van der Waals surface area contributed by atoms with Crippen molar-refractivity contribution in [2.45, 2.75) is 18.9 Å². The minimum atomic E-state index is -0.197. The molecule has 5 nitrogen and oxygen atoms in total. The van der Waals surface area contributed by atoms with Gasteiger partial charge in [0.1, 0.15) is 11.5 Å². The fraction of sp³-hybridized carbons (Fsp3) is 0.172. The largest absolute Gasteiger partial charge is 0.497 e. The number of aryl methyl sites for hydroxylation is 1. The zero-order valence-electron chi connectivity index (χ0n) is 19.8. The van der Waals surface area contributed by atoms with E-state index in [4.69, 9.17) is 14.5 Å². The van der Waals surface area contributed by atoms with Crippen LogP contribution < -0.4 is 24.4 Å². The Bertz CT molecular complexity index is 1700. The first kappa shape index (κ1) is 23.0. The molecule has 36 heavy (non-hydrogen) atoms. The smallest absolute Gasteiger partial charge is 0.271 e. The van der Waals surface area contributed by atoms with Gasteiger partial charge in [-0.2, -0.15) is 0 Å². The van der Waals surface area contributed by atoms with Crippen molar-refractivity contribution in [2.75, 3.05) is 14.2 Å². The molecule has 0 N–H and O–H groups in total. The highest BCUT2D eigenvalue weighted by atomic mass is 79.9. The first-order valence-electron chi connectivity index (χ1n) is 11.7. The number of hydrogen-bond acceptors (Lipinski definition) is 5. The summed E-state index contributed by atoms with van der Waals surface area (Å²) in [6, 6.07) is 22.1. The monoisotopic (exact) mass is 558 g/mol. The van der Waals surface area contributed by atoms with Crippen LogP contribution in [0.5, 0.6) is 11.5 Å². The Hall–Kier alpha value is -3.42. The summed E-state index contributed by atoms with van der Waals surface area (Å²) in [5.41, 5.74) is 6.51. The summed E-state index contributed by atoms with van der Waals surface area (Å²) >= 11 is 4.96. The predicted molar refractivity (Wildman–Crippen MR) is 146 cm³/mol. The predicted octanol–water partition coefficient (Wildman–Crippen LogP) is 5.10. The highest BCUT2D eigenvalue weighted by molar-refractivity contribution is 9.10. The normalized spacial score (nSPS) is 16.6. The lowest BCUT2D eigenvalue weighted by Crippen LogP contribution is -2.38. The fourth-order valence-electron chi connectivity index (χ4n) is 5.05. The van der Waals surface area contributed by atoms with E-state index < -0.39 is 0 Å². The van der Waals surface area contributed by atoms with Crippen LogP contribution in [-0.2, 0) is 6.42 Å². The summed E-state index contributed by atoms with van der Waals surface area (Å²) in [7, 11) is 3.24. The second-order valence-corrected chi connectivity index (χ2v) is 10.7. The third-order valence-electron chi connectivity index (χ3n) is 6.79. The highest BCUT2D eigenvalue weighted by Gasteiger charge is 2.32. The number of nitrogens with zero attached hydrogens (tertiary/aromatic N) is 2. The van der Waals surface area contributed by atoms with Crippen molar-refractivity contribution in [2.24, 2.45) is 4.99 Å². The Labute approximate surface area is 220 Å². The number of hydrogen-bond donors (Lipinski definition) is 0. The van der Waals surface area contributed by atoms with Gasteiger partial charge in [0.2, 0.25) is 0 Å². The summed E-state index contributed by atoms with van der Waals surface area (Å²) in [5.74, 6) is 1.35. The number of ether oxygens (including phenoxy) is 2. The van der Waals surface area contributed by atoms with Crippen LogP contribution in [0.4, 0.5) is 0 Å². The Morgan fingerprint density at radius 2 is 1.83 bits per heavy atom. The van der Waals surface area contributed by atoms with E-state index in [0.29, 0.717) is 20.8 Å². The molecule has 0 unspecified atom stereocenters. The maximum Gasteiger partial charge on any atom is 0.271 e. The number of allylic oxidation sites excluding steroid dienone is 1. The lowest BCUT2D eigenvalue weighted by molar-refractivity contribution is 0.393. The van der Waals surface area contributed by atoms with E-state index in [1.54, 1.807) is 14.2 Å². The minimum absolute atomic E-state index is 0.0463. The number of aromatic nitrogens is 1. The van der Waals surface area contributed by atoms with Crippen LogP contribution in [0.15, 0.2) is 86.6 Å². The van der Waals surface area contributed by atoms with E-state index in [1.165, 1.54) is 22.5 Å². The topological polar surface area (TPSA) is 52.8 Å². The van der Waals surface area contributed by atoms with Crippen LogP contribution in [0.2, 0.25) is 0 Å². The SMILES string of the molecule is COc1ccc(/C=c2/sc3n(c2=O)[C@H](c2ccc(Br)cc2)C2=C(N=3)c3ccccc3CC2)c(OC)c1. The molecular weight excluding hydrogens is 536 g/mol. The van der Waals surface area contributed by atoms with Crippen molar-refractivity contribution in [3.8, 4) is 11.5 Å². The van der Waals surface area contributed by atoms with E-state index in [0.717, 1.165) is 39.7 Å². The van der Waals surface area contributed by atoms with E-state index in [-0.39, 0.29) is 11.6 Å². The van der Waals surface area contributed by atoms with Gasteiger partial charge >= 0.3 is 0 Å². The summed E-state index contributed by atoms with van der Waals surface area (Å²) in [6.45, 7) is 0. The molecule has 0 bridgehead atoms. The molecule has 7 heteroatoms. The zero-order chi connectivity index (χ0) is 24.8. The number of fused-ring (bicyclic) bond motifs is 3. The van der Waals surface area contributed by atoms with Gasteiger partial charge in [0, 0.05) is 21.7 Å². The number of thiazole rings is 1. The average molecular weight is 559 g/mol. The lowest BCUT2D eigenvalue weighted by atomic mass is 9.83. The maximum absolute atomic E-state index is 13.9. The summed E-state index contributed by atoms with van der Waals surface area (Å²) in [5, 5.41) is 0. The quantitative estimate of drug-likeness (QED) is 0.350. The average Bonchev–Trinajstić information content (AvgIpc) is 3.22. The van der Waals surface area contributed by atoms with Crippen LogP contribution in [-0.4, -0.2) is 18.8 Å². The second-order valence-electron chi connectivity index (χ2n) is 8.77. The number of rotatable bonds is 4. The van der Waals surface area contributed by atoms with Crippen molar-refractivity contribution in [1.29, 1.82) is 0 Å². The Morgan fingerprint density at radius 3 is 2.61 bits per heavy atom. The Kier molecular flexibility index (Phi) is 5.90. The third kappa shape index (κ3) is 3.83. The van der Waals surface area contributed by atoms with E-state index in [2.05, 4.69) is 52.3 Å². The zero-order valence-corrected chi connectivity index (χ0v) is 22.2. The summed E-state index contributed by atoms with van der Waals surface area (Å²) in [6.07, 6.45) is 3.69. The molecule has 2 heterocycles. The third-order valence-corrected chi connectivity index (χ3v) is 8.30. The molecule has 1 aliphatic carbocycles. The molecule has 6 rings (SSSR count). The molecule has 0 amide bonds. The van der Waals surface area contributed by atoms with Gasteiger partial charge in [0.05, 0.1) is 30.5 Å². The van der Waals surface area contributed by atoms with Crippen LogP contribution in [0.1, 0.15) is 34.7 Å². The fourth-order valence-corrected chi connectivity index (χ4v) is 6.30. The van der Waals surface area contributed by atoms with Gasteiger partial charge in [-0.3, -0.25) is 9.36 Å².